The molecule has 0 atom stereocenters. The Morgan fingerprint density at radius 2 is 0.779 bits per heavy atom. The summed E-state index contributed by atoms with van der Waals surface area (Å²) in [6, 6.07) is 54.1. The van der Waals surface area contributed by atoms with Gasteiger partial charge in [-0.05, 0) is 106 Å². The molecule has 12 heterocycles. The van der Waals surface area contributed by atoms with Gasteiger partial charge in [0.15, 0.2) is 5.65 Å². The monoisotopic (exact) mass is 1140 g/mol. The first kappa shape index (κ1) is 56.2. The number of hydrogen-bond acceptors (Lipinski definition) is 6. The summed E-state index contributed by atoms with van der Waals surface area (Å²) in [7, 11) is 6.19. The highest BCUT2D eigenvalue weighted by molar-refractivity contribution is 6.05. The molecule has 0 spiro atoms. The molecule has 14 nitrogen and oxygen atoms in total. The average molecular weight is 1140 g/mol. The van der Waals surface area contributed by atoms with Gasteiger partial charge in [0, 0.05) is 88.8 Å². The minimum Gasteiger partial charge on any atom is -0.443 e. The van der Waals surface area contributed by atoms with Gasteiger partial charge < -0.3 is 36.4 Å². The summed E-state index contributed by atoms with van der Waals surface area (Å²) in [6.07, 6.45) is 4.24. The van der Waals surface area contributed by atoms with Crippen molar-refractivity contribution in [2.45, 2.75) is 76.7 Å². The van der Waals surface area contributed by atoms with Gasteiger partial charge in [-0.15, -0.1) is 0 Å². The van der Waals surface area contributed by atoms with E-state index in [4.69, 9.17) is 17.7 Å². The summed E-state index contributed by atoms with van der Waals surface area (Å²) in [5.41, 5.74) is 17.9. The molecule has 12 aromatic heterocycles. The predicted molar refractivity (Wildman–Crippen MR) is 353 cm³/mol. The molecule has 434 valence electrons. The maximum atomic E-state index is 5.71. The Kier molecular flexibility index (Phi) is 14.4. The van der Waals surface area contributed by atoms with Crippen LogP contribution in [0.2, 0.25) is 0 Å². The molecule has 0 unspecified atom stereocenters. The summed E-state index contributed by atoms with van der Waals surface area (Å²) in [4.78, 5) is 12.4. The van der Waals surface area contributed by atoms with Crippen molar-refractivity contribution in [1.29, 1.82) is 0 Å². The van der Waals surface area contributed by atoms with E-state index >= 15 is 0 Å². The van der Waals surface area contributed by atoms with Crippen LogP contribution in [0.4, 0.5) is 0 Å². The van der Waals surface area contributed by atoms with Gasteiger partial charge in [-0.2, -0.15) is 0 Å². The van der Waals surface area contributed by atoms with Crippen molar-refractivity contribution in [3.63, 3.8) is 0 Å². The lowest BCUT2D eigenvalue weighted by molar-refractivity contribution is 0.571. The Hall–Kier alpha value is -10.3. The molecule has 18 aromatic rings. The standard InChI is InChI=1S/C12H13N3.4C12H11NO.C11H11N3.CH4/c1-8-13-11-9-6-4-5-7-10(9)15(3)12(11)14(8)2;2*1-8-9(2)14-12-11-6-4-3-5-10(11)7-13(8)12;2*1-8-9(2)14-12-7-10-5-3-4-6-11(10)13(8)12;1-7-12-10-8-5-3-4-6-9(8)14(2)11(10)13-7;/h4-7H,1-3H3;4*3-7H,1-2H3;3-6H,1-2H3,(H,12,13);1H4. The number of oxazole rings is 4. The number of benzene rings is 6. The van der Waals surface area contributed by atoms with Crippen molar-refractivity contribution in [3.8, 4) is 0 Å². The van der Waals surface area contributed by atoms with Crippen LogP contribution in [0.15, 0.2) is 188 Å². The number of imidazole rings is 2. The number of para-hydroxylation sites is 4. The molecule has 0 bridgehead atoms. The molecule has 0 aliphatic rings. The van der Waals surface area contributed by atoms with Crippen molar-refractivity contribution in [2.75, 3.05) is 0 Å². The van der Waals surface area contributed by atoms with Gasteiger partial charge in [0.05, 0.1) is 50.4 Å². The maximum Gasteiger partial charge on any atom is 0.211 e. The van der Waals surface area contributed by atoms with Crippen LogP contribution < -0.4 is 0 Å². The molecule has 14 heteroatoms. The molecule has 0 fully saturated rings. The number of H-pyrrole nitrogens is 1. The summed E-state index contributed by atoms with van der Waals surface area (Å²) >= 11 is 0. The highest BCUT2D eigenvalue weighted by atomic mass is 16.4. The Labute approximate surface area is 497 Å². The van der Waals surface area contributed by atoms with Crippen molar-refractivity contribution in [3.05, 3.63) is 228 Å². The molecule has 0 radical (unpaired) electrons. The lowest BCUT2D eigenvalue weighted by Gasteiger charge is -2.00. The molecule has 6 aromatic carbocycles. The van der Waals surface area contributed by atoms with Crippen molar-refractivity contribution >= 4 is 110 Å². The highest BCUT2D eigenvalue weighted by Crippen LogP contribution is 2.31. The van der Waals surface area contributed by atoms with Crippen LogP contribution in [0.3, 0.4) is 0 Å². The van der Waals surface area contributed by atoms with E-state index in [0.29, 0.717) is 0 Å². The van der Waals surface area contributed by atoms with E-state index in [0.717, 1.165) is 74.2 Å². The number of rotatable bonds is 0. The third-order valence-electron chi connectivity index (χ3n) is 16.9. The zero-order valence-electron chi connectivity index (χ0n) is 50.3. The number of aromatic nitrogens is 10. The minimum atomic E-state index is 0. The highest BCUT2D eigenvalue weighted by Gasteiger charge is 2.16. The second-order valence-corrected chi connectivity index (χ2v) is 22.1. The van der Waals surface area contributed by atoms with Crippen LogP contribution in [-0.2, 0) is 21.1 Å². The predicted octanol–water partition coefficient (Wildman–Crippen LogP) is 18.6. The number of nitrogens with zero attached hydrogens (tertiary/aromatic N) is 9. The van der Waals surface area contributed by atoms with Gasteiger partial charge in [0.25, 0.3) is 0 Å². The van der Waals surface area contributed by atoms with Crippen LogP contribution in [-0.4, -0.2) is 46.3 Å². The Morgan fingerprint density at radius 3 is 1.27 bits per heavy atom. The molecule has 18 rings (SSSR count). The first-order valence-corrected chi connectivity index (χ1v) is 28.7. The van der Waals surface area contributed by atoms with Crippen molar-refractivity contribution in [2.24, 2.45) is 21.1 Å². The fourth-order valence-electron chi connectivity index (χ4n) is 11.9. The molecule has 86 heavy (non-hydrogen) atoms. The zero-order valence-corrected chi connectivity index (χ0v) is 50.3. The van der Waals surface area contributed by atoms with E-state index in [1.54, 1.807) is 0 Å². The first-order valence-electron chi connectivity index (χ1n) is 28.7. The first-order chi connectivity index (χ1) is 41.1. The van der Waals surface area contributed by atoms with Gasteiger partial charge in [-0.25, -0.2) is 9.97 Å². The number of hydrogen-bond donors (Lipinski definition) is 1. The molecular formula is C72H72N10O4. The smallest absolute Gasteiger partial charge is 0.211 e. The van der Waals surface area contributed by atoms with E-state index < -0.39 is 0 Å². The second-order valence-electron chi connectivity index (χ2n) is 22.1. The van der Waals surface area contributed by atoms with Gasteiger partial charge in [-0.1, -0.05) is 117 Å². The summed E-state index contributed by atoms with van der Waals surface area (Å²) in [5, 5.41) is 9.77. The zero-order chi connectivity index (χ0) is 59.1. The van der Waals surface area contributed by atoms with Crippen molar-refractivity contribution < 1.29 is 17.7 Å². The number of aromatic amines is 1. The molecule has 0 saturated heterocycles. The van der Waals surface area contributed by atoms with Gasteiger partial charge in [0.1, 0.15) is 45.9 Å². The minimum absolute atomic E-state index is 0. The second kappa shape index (κ2) is 22.0. The molecular weight excluding hydrogens is 1070 g/mol. The fraction of sp³-hybridized carbons (Fsp3) is 0.194. The summed E-state index contributed by atoms with van der Waals surface area (Å²) in [5.74, 6) is 5.99. The molecule has 0 aliphatic carbocycles. The third-order valence-corrected chi connectivity index (χ3v) is 16.9. The van der Waals surface area contributed by atoms with E-state index in [1.165, 1.54) is 93.6 Å². The van der Waals surface area contributed by atoms with Gasteiger partial charge in [-0.3, -0.25) is 17.6 Å². The third kappa shape index (κ3) is 9.38. The molecule has 0 amide bonds. The summed E-state index contributed by atoms with van der Waals surface area (Å²) < 4.78 is 37.7. The van der Waals surface area contributed by atoms with E-state index in [2.05, 4.69) is 216 Å². The van der Waals surface area contributed by atoms with Crippen LogP contribution in [0.1, 0.15) is 64.9 Å². The lowest BCUT2D eigenvalue weighted by atomic mass is 10.2. The van der Waals surface area contributed by atoms with E-state index in [9.17, 15) is 0 Å². The van der Waals surface area contributed by atoms with Gasteiger partial charge in [0.2, 0.25) is 22.9 Å². The maximum absolute atomic E-state index is 5.71. The number of nitrogens with one attached hydrogen (secondary N) is 1. The average Bonchev–Trinajstić information content (AvgIpc) is 3.13. The Morgan fingerprint density at radius 1 is 0.384 bits per heavy atom. The van der Waals surface area contributed by atoms with Crippen LogP contribution in [0, 0.1) is 69.2 Å². The Balaban J connectivity index is 0.000000101. The molecule has 1 N–H and O–H groups in total. The van der Waals surface area contributed by atoms with Crippen molar-refractivity contribution in [1.82, 2.24) is 46.3 Å². The number of fused-ring (bicyclic) bond motifs is 18. The van der Waals surface area contributed by atoms with E-state index in [-0.39, 0.29) is 7.43 Å². The van der Waals surface area contributed by atoms with E-state index in [1.807, 2.05) is 91.1 Å². The lowest BCUT2D eigenvalue weighted by Crippen LogP contribution is -1.97. The number of aryl methyl sites for hydroxylation is 13. The van der Waals surface area contributed by atoms with Crippen LogP contribution >= 0.6 is 0 Å². The normalized spacial score (nSPS) is 11.5. The van der Waals surface area contributed by atoms with Crippen LogP contribution in [0.25, 0.3) is 110 Å². The SMILES string of the molecule is C.Cc1nc2c([nH]1)c1ccccc1n2C.Cc1nc2c3ccccc3n(C)c2n1C.Cc1oc2c3ccccc3cn2c1C.Cc1oc2c3ccccc3cn2c1C.Cc1oc2cc3ccccc3n2c1C.Cc1oc2cc3ccccc3n2c1C. The van der Waals surface area contributed by atoms with Gasteiger partial charge >= 0.3 is 0 Å². The molecule has 0 saturated carbocycles. The largest absolute Gasteiger partial charge is 0.443 e. The quantitative estimate of drug-likeness (QED) is 0.161. The molecule has 0 aliphatic heterocycles. The summed E-state index contributed by atoms with van der Waals surface area (Å²) in [6.45, 7) is 20.3. The van der Waals surface area contributed by atoms with Crippen LogP contribution in [0.5, 0.6) is 0 Å². The topological polar surface area (TPSA) is 127 Å². The fourth-order valence-corrected chi connectivity index (χ4v) is 11.9. The Bertz CT molecular complexity index is 5260.